The molecule has 0 saturated heterocycles. The van der Waals surface area contributed by atoms with E-state index >= 15 is 0 Å². The molecule has 0 bridgehead atoms. The summed E-state index contributed by atoms with van der Waals surface area (Å²) in [5.74, 6) is -1.75. The van der Waals surface area contributed by atoms with Crippen molar-refractivity contribution in [3.63, 3.8) is 0 Å². The van der Waals surface area contributed by atoms with Crippen LogP contribution in [0, 0.1) is 0 Å². The zero-order valence-corrected chi connectivity index (χ0v) is 7.81. The minimum atomic E-state index is -4.38. The maximum Gasteiger partial charge on any atom is 0.398 e. The molecule has 1 atom stereocenters. The summed E-state index contributed by atoms with van der Waals surface area (Å²) in [6.45, 7) is -0.531. The molecule has 6 heteroatoms. The van der Waals surface area contributed by atoms with Gasteiger partial charge in [0.1, 0.15) is 5.92 Å². The van der Waals surface area contributed by atoms with E-state index in [0.29, 0.717) is 0 Å². The van der Waals surface area contributed by atoms with Crippen LogP contribution < -0.4 is 5.73 Å². The first-order valence-electron chi connectivity index (χ1n) is 3.83. The van der Waals surface area contributed by atoms with E-state index in [2.05, 4.69) is 4.98 Å². The number of alkyl halides is 3. The summed E-state index contributed by atoms with van der Waals surface area (Å²) in [5, 5.41) is 0.220. The summed E-state index contributed by atoms with van der Waals surface area (Å²) in [6, 6.07) is 2.58. The topological polar surface area (TPSA) is 38.9 Å². The van der Waals surface area contributed by atoms with E-state index in [1.807, 2.05) is 0 Å². The van der Waals surface area contributed by atoms with Crippen molar-refractivity contribution < 1.29 is 13.2 Å². The maximum atomic E-state index is 12.4. The van der Waals surface area contributed by atoms with Gasteiger partial charge >= 0.3 is 6.18 Å². The van der Waals surface area contributed by atoms with E-state index in [-0.39, 0.29) is 10.7 Å². The molecular weight excluding hydrogens is 217 g/mol. The Labute approximate surface area is 83.9 Å². The number of rotatable bonds is 2. The smallest absolute Gasteiger partial charge is 0.329 e. The minimum Gasteiger partial charge on any atom is -0.329 e. The molecule has 0 amide bonds. The van der Waals surface area contributed by atoms with Crippen molar-refractivity contribution in [2.24, 2.45) is 5.73 Å². The molecule has 0 fully saturated rings. The van der Waals surface area contributed by atoms with Crippen LogP contribution in [0.3, 0.4) is 0 Å². The van der Waals surface area contributed by atoms with Crippen molar-refractivity contribution in [3.8, 4) is 0 Å². The highest BCUT2D eigenvalue weighted by atomic mass is 35.5. The van der Waals surface area contributed by atoms with Gasteiger partial charge in [-0.05, 0) is 12.1 Å². The van der Waals surface area contributed by atoms with Crippen LogP contribution >= 0.6 is 11.6 Å². The number of hydrogen-bond donors (Lipinski definition) is 1. The predicted octanol–water partition coefficient (Wildman–Crippen LogP) is 2.34. The quantitative estimate of drug-likeness (QED) is 0.838. The van der Waals surface area contributed by atoms with Crippen LogP contribution in [0.1, 0.15) is 11.6 Å². The van der Waals surface area contributed by atoms with Crippen molar-refractivity contribution in [1.29, 1.82) is 0 Å². The van der Waals surface area contributed by atoms with Crippen LogP contribution in [-0.4, -0.2) is 17.7 Å². The van der Waals surface area contributed by atoms with Crippen LogP contribution in [-0.2, 0) is 0 Å². The zero-order valence-electron chi connectivity index (χ0n) is 7.05. The third-order valence-corrected chi connectivity index (χ3v) is 1.97. The minimum absolute atomic E-state index is 0.146. The second kappa shape index (κ2) is 4.14. The SMILES string of the molecule is NCC(c1cc(Cl)ccn1)C(F)(F)F. The second-order valence-corrected chi connectivity index (χ2v) is 3.17. The summed E-state index contributed by atoms with van der Waals surface area (Å²) in [4.78, 5) is 3.59. The fourth-order valence-corrected chi connectivity index (χ4v) is 1.20. The average Bonchev–Trinajstić information content (AvgIpc) is 2.02. The van der Waals surface area contributed by atoms with Gasteiger partial charge in [-0.1, -0.05) is 11.6 Å². The number of nitrogens with zero attached hydrogens (tertiary/aromatic N) is 1. The molecule has 0 saturated carbocycles. The van der Waals surface area contributed by atoms with Gasteiger partial charge in [0.05, 0.1) is 5.69 Å². The Morgan fingerprint density at radius 3 is 2.57 bits per heavy atom. The first-order chi connectivity index (χ1) is 6.45. The van der Waals surface area contributed by atoms with E-state index in [0.717, 1.165) is 0 Å². The highest BCUT2D eigenvalue weighted by Crippen LogP contribution is 2.33. The van der Waals surface area contributed by atoms with Crippen LogP contribution in [0.25, 0.3) is 0 Å². The lowest BCUT2D eigenvalue weighted by Crippen LogP contribution is -2.28. The lowest BCUT2D eigenvalue weighted by atomic mass is 10.0. The summed E-state index contributed by atoms with van der Waals surface area (Å²) in [6.07, 6.45) is -3.15. The number of nitrogens with two attached hydrogens (primary N) is 1. The highest BCUT2D eigenvalue weighted by Gasteiger charge is 2.40. The lowest BCUT2D eigenvalue weighted by molar-refractivity contribution is -0.148. The van der Waals surface area contributed by atoms with Gasteiger partial charge in [-0.3, -0.25) is 4.98 Å². The molecule has 0 spiro atoms. The van der Waals surface area contributed by atoms with E-state index in [9.17, 15) is 13.2 Å². The van der Waals surface area contributed by atoms with Crippen LogP contribution in [0.4, 0.5) is 13.2 Å². The molecule has 1 rings (SSSR count). The summed E-state index contributed by atoms with van der Waals surface area (Å²) in [7, 11) is 0. The molecule has 1 heterocycles. The molecule has 1 aromatic rings. The van der Waals surface area contributed by atoms with Gasteiger partial charge in [0.25, 0.3) is 0 Å². The van der Waals surface area contributed by atoms with Crippen molar-refractivity contribution >= 4 is 11.6 Å². The first-order valence-corrected chi connectivity index (χ1v) is 4.21. The van der Waals surface area contributed by atoms with Crippen molar-refractivity contribution in [2.75, 3.05) is 6.54 Å². The molecule has 0 aliphatic carbocycles. The lowest BCUT2D eigenvalue weighted by Gasteiger charge is -2.17. The normalized spacial score (nSPS) is 14.1. The monoisotopic (exact) mass is 224 g/mol. The zero-order chi connectivity index (χ0) is 10.8. The van der Waals surface area contributed by atoms with Crippen molar-refractivity contribution in [2.45, 2.75) is 12.1 Å². The van der Waals surface area contributed by atoms with Gasteiger partial charge in [0, 0.05) is 17.8 Å². The molecule has 0 radical (unpaired) electrons. The van der Waals surface area contributed by atoms with Gasteiger partial charge in [-0.25, -0.2) is 0 Å². The number of hydrogen-bond acceptors (Lipinski definition) is 2. The van der Waals surface area contributed by atoms with Crippen molar-refractivity contribution in [3.05, 3.63) is 29.0 Å². The molecule has 1 unspecified atom stereocenters. The van der Waals surface area contributed by atoms with Crippen LogP contribution in [0.2, 0.25) is 5.02 Å². The van der Waals surface area contributed by atoms with Gasteiger partial charge in [-0.15, -0.1) is 0 Å². The Kier molecular flexibility index (Phi) is 3.34. The van der Waals surface area contributed by atoms with Crippen LogP contribution in [0.5, 0.6) is 0 Å². The standard InChI is InChI=1S/C8H8ClF3N2/c9-5-1-2-14-7(3-5)6(4-13)8(10,11)12/h1-3,6H,4,13H2. The summed E-state index contributed by atoms with van der Waals surface area (Å²) >= 11 is 5.55. The van der Waals surface area contributed by atoms with Gasteiger partial charge in [0.15, 0.2) is 0 Å². The van der Waals surface area contributed by atoms with Crippen molar-refractivity contribution in [1.82, 2.24) is 4.98 Å². The van der Waals surface area contributed by atoms with E-state index in [1.54, 1.807) is 0 Å². The molecule has 0 aliphatic rings. The molecule has 0 aliphatic heterocycles. The molecule has 2 N–H and O–H groups in total. The second-order valence-electron chi connectivity index (χ2n) is 2.73. The number of aromatic nitrogens is 1. The third kappa shape index (κ3) is 2.59. The predicted molar refractivity (Wildman–Crippen MR) is 47.1 cm³/mol. The van der Waals surface area contributed by atoms with E-state index < -0.39 is 18.6 Å². The molecule has 14 heavy (non-hydrogen) atoms. The summed E-state index contributed by atoms with van der Waals surface area (Å²) < 4.78 is 37.1. The van der Waals surface area contributed by atoms with Gasteiger partial charge in [-0.2, -0.15) is 13.2 Å². The average molecular weight is 225 g/mol. The Bertz CT molecular complexity index is 314. The summed E-state index contributed by atoms with van der Waals surface area (Å²) in [5.41, 5.74) is 4.89. The highest BCUT2D eigenvalue weighted by molar-refractivity contribution is 6.30. The molecular formula is C8H8ClF3N2. The number of halogens is 4. The first kappa shape index (κ1) is 11.3. The largest absolute Gasteiger partial charge is 0.398 e. The fraction of sp³-hybridized carbons (Fsp3) is 0.375. The molecule has 78 valence electrons. The Balaban J connectivity index is 3.01. The maximum absolute atomic E-state index is 12.4. The fourth-order valence-electron chi connectivity index (χ4n) is 1.03. The Hall–Kier alpha value is -0.810. The number of pyridine rings is 1. The van der Waals surface area contributed by atoms with E-state index in [1.165, 1.54) is 18.3 Å². The Morgan fingerprint density at radius 2 is 2.14 bits per heavy atom. The molecule has 1 aromatic heterocycles. The third-order valence-electron chi connectivity index (χ3n) is 1.73. The van der Waals surface area contributed by atoms with Gasteiger partial charge < -0.3 is 5.73 Å². The van der Waals surface area contributed by atoms with Crippen LogP contribution in [0.15, 0.2) is 18.3 Å². The molecule has 2 nitrogen and oxygen atoms in total. The Morgan fingerprint density at radius 1 is 1.50 bits per heavy atom. The molecule has 0 aromatic carbocycles. The van der Waals surface area contributed by atoms with E-state index in [4.69, 9.17) is 17.3 Å². The van der Waals surface area contributed by atoms with Gasteiger partial charge in [0.2, 0.25) is 0 Å².